The van der Waals surface area contributed by atoms with E-state index in [0.717, 1.165) is 48.1 Å². The minimum absolute atomic E-state index is 0.199. The van der Waals surface area contributed by atoms with Crippen LogP contribution in [-0.4, -0.2) is 44.0 Å². The maximum Gasteiger partial charge on any atom is 0.175 e. The summed E-state index contributed by atoms with van der Waals surface area (Å²) >= 11 is 0. The summed E-state index contributed by atoms with van der Waals surface area (Å²) in [7, 11) is -3.40. The molecule has 2 N–H and O–H groups in total. The fourth-order valence-electron chi connectivity index (χ4n) is 4.36. The van der Waals surface area contributed by atoms with Gasteiger partial charge >= 0.3 is 0 Å². The second kappa shape index (κ2) is 10.0. The molecule has 1 aliphatic heterocycles. The molecule has 8 heteroatoms. The van der Waals surface area contributed by atoms with E-state index in [2.05, 4.69) is 20.8 Å². The van der Waals surface area contributed by atoms with Crippen LogP contribution in [0.4, 0.5) is 5.82 Å². The molecule has 0 saturated carbocycles. The molecule has 5 rings (SSSR count). The molecule has 1 aliphatic rings. The lowest BCUT2D eigenvalue weighted by Crippen LogP contribution is -2.38. The monoisotopic (exact) mass is 488 g/mol. The van der Waals surface area contributed by atoms with Gasteiger partial charge in [-0.15, -0.1) is 10.2 Å². The van der Waals surface area contributed by atoms with Crippen LogP contribution < -0.4 is 15.4 Å². The number of anilines is 1. The Morgan fingerprint density at radius 2 is 1.77 bits per heavy atom. The van der Waals surface area contributed by atoms with Gasteiger partial charge in [-0.05, 0) is 43.1 Å². The number of ether oxygens (including phenoxy) is 1. The molecule has 0 unspecified atom stereocenters. The van der Waals surface area contributed by atoms with E-state index in [1.165, 1.54) is 6.26 Å². The Balaban J connectivity index is 1.57. The number of fused-ring (bicyclic) bond motifs is 1. The van der Waals surface area contributed by atoms with Crippen molar-refractivity contribution in [3.63, 3.8) is 0 Å². The van der Waals surface area contributed by atoms with Crippen molar-refractivity contribution in [2.24, 2.45) is 0 Å². The van der Waals surface area contributed by atoms with Gasteiger partial charge < -0.3 is 15.4 Å². The Morgan fingerprint density at radius 3 is 2.51 bits per heavy atom. The van der Waals surface area contributed by atoms with E-state index in [1.54, 1.807) is 18.2 Å². The highest BCUT2D eigenvalue weighted by molar-refractivity contribution is 7.90. The Morgan fingerprint density at radius 1 is 1.00 bits per heavy atom. The molecule has 0 aliphatic carbocycles. The van der Waals surface area contributed by atoms with Gasteiger partial charge in [0.1, 0.15) is 18.1 Å². The Hall–Kier alpha value is -3.49. The molecule has 35 heavy (non-hydrogen) atoms. The first-order chi connectivity index (χ1) is 17.0. The van der Waals surface area contributed by atoms with Crippen LogP contribution in [0.3, 0.4) is 0 Å². The predicted octanol–water partition coefficient (Wildman–Crippen LogP) is 4.44. The summed E-state index contributed by atoms with van der Waals surface area (Å²) in [4.78, 5) is 0.199. The van der Waals surface area contributed by atoms with E-state index in [1.807, 2.05) is 54.6 Å². The highest BCUT2D eigenvalue weighted by Crippen LogP contribution is 2.37. The number of piperidine rings is 1. The number of aromatic nitrogens is 2. The molecule has 0 bridgehead atoms. The van der Waals surface area contributed by atoms with Crippen molar-refractivity contribution in [2.75, 3.05) is 24.7 Å². The third kappa shape index (κ3) is 5.28. The van der Waals surface area contributed by atoms with E-state index in [-0.39, 0.29) is 4.90 Å². The zero-order valence-electron chi connectivity index (χ0n) is 19.6. The normalized spacial score (nSPS) is 16.2. The minimum atomic E-state index is -3.40. The summed E-state index contributed by atoms with van der Waals surface area (Å²) in [6.45, 7) is 2.24. The largest absolute Gasteiger partial charge is 0.488 e. The van der Waals surface area contributed by atoms with Gasteiger partial charge in [0.05, 0.1) is 4.90 Å². The summed E-state index contributed by atoms with van der Waals surface area (Å²) in [6, 6.07) is 23.0. The Kier molecular flexibility index (Phi) is 6.66. The van der Waals surface area contributed by atoms with Gasteiger partial charge in [-0.2, -0.15) is 0 Å². The lowest BCUT2D eigenvalue weighted by Gasteiger charge is -2.25. The summed E-state index contributed by atoms with van der Waals surface area (Å²) < 4.78 is 30.7. The molecule has 0 radical (unpaired) electrons. The molecule has 1 fully saturated rings. The van der Waals surface area contributed by atoms with E-state index >= 15 is 0 Å². The first-order valence-electron chi connectivity index (χ1n) is 11.7. The maximum atomic E-state index is 12.3. The van der Waals surface area contributed by atoms with Crippen LogP contribution in [0.5, 0.6) is 5.75 Å². The molecule has 1 aromatic heterocycles. The van der Waals surface area contributed by atoms with E-state index in [9.17, 15) is 8.42 Å². The van der Waals surface area contributed by atoms with Crippen LogP contribution in [-0.2, 0) is 16.4 Å². The molecule has 1 saturated heterocycles. The van der Waals surface area contributed by atoms with Crippen molar-refractivity contribution in [1.29, 1.82) is 0 Å². The fraction of sp³-hybridized carbons (Fsp3) is 0.259. The van der Waals surface area contributed by atoms with Crippen molar-refractivity contribution in [2.45, 2.75) is 30.4 Å². The lowest BCUT2D eigenvalue weighted by atomic mass is 10.0. The number of sulfone groups is 1. The van der Waals surface area contributed by atoms with Gasteiger partial charge in [0.15, 0.2) is 15.7 Å². The smallest absolute Gasteiger partial charge is 0.175 e. The van der Waals surface area contributed by atoms with Gasteiger partial charge in [-0.3, -0.25) is 0 Å². The summed E-state index contributed by atoms with van der Waals surface area (Å²) in [5, 5.41) is 18.0. The van der Waals surface area contributed by atoms with E-state index < -0.39 is 9.84 Å². The van der Waals surface area contributed by atoms with Crippen LogP contribution in [0.1, 0.15) is 18.4 Å². The standard InChI is InChI=1S/C27H28N4O3S/c1-35(32,33)21-13-14-24(25(16-21)34-18-19-8-3-2-4-9-19)26-22-11-5-6-12-23(22)27(31-30-26)29-20-10-7-15-28-17-20/h2-6,8-9,11-14,16,20,28H,7,10,15,17-18H2,1H3,(H,29,31)/t20-/m1/s1. The van der Waals surface area contributed by atoms with E-state index in [4.69, 9.17) is 4.74 Å². The fourth-order valence-corrected chi connectivity index (χ4v) is 5.00. The summed E-state index contributed by atoms with van der Waals surface area (Å²) in [5.74, 6) is 1.20. The number of rotatable bonds is 7. The Bertz CT molecular complexity index is 1440. The average Bonchev–Trinajstić information content (AvgIpc) is 2.88. The summed E-state index contributed by atoms with van der Waals surface area (Å²) in [5.41, 5.74) is 2.33. The molecule has 3 aromatic carbocycles. The second-order valence-corrected chi connectivity index (χ2v) is 10.9. The zero-order chi connectivity index (χ0) is 24.3. The van der Waals surface area contributed by atoms with Crippen LogP contribution in [0.25, 0.3) is 22.0 Å². The highest BCUT2D eigenvalue weighted by Gasteiger charge is 2.20. The quantitative estimate of drug-likeness (QED) is 0.397. The molecule has 2 heterocycles. The third-order valence-electron chi connectivity index (χ3n) is 6.20. The van der Waals surface area contributed by atoms with Gasteiger partial charge in [0.2, 0.25) is 0 Å². The van der Waals surface area contributed by atoms with Crippen molar-refractivity contribution < 1.29 is 13.2 Å². The molecule has 180 valence electrons. The van der Waals surface area contributed by atoms with Crippen LogP contribution in [0.15, 0.2) is 77.7 Å². The minimum Gasteiger partial charge on any atom is -0.488 e. The topological polar surface area (TPSA) is 93.2 Å². The van der Waals surface area contributed by atoms with Crippen LogP contribution in [0.2, 0.25) is 0 Å². The van der Waals surface area contributed by atoms with Crippen LogP contribution >= 0.6 is 0 Å². The van der Waals surface area contributed by atoms with Crippen molar-refractivity contribution in [1.82, 2.24) is 15.5 Å². The third-order valence-corrected chi connectivity index (χ3v) is 7.31. The van der Waals surface area contributed by atoms with Crippen molar-refractivity contribution in [3.05, 3.63) is 78.4 Å². The average molecular weight is 489 g/mol. The number of hydrogen-bond donors (Lipinski definition) is 2. The number of nitrogens with one attached hydrogen (secondary N) is 2. The molecule has 1 atom stereocenters. The number of nitrogens with zero attached hydrogens (tertiary/aromatic N) is 2. The predicted molar refractivity (Wildman–Crippen MR) is 138 cm³/mol. The van der Waals surface area contributed by atoms with E-state index in [0.29, 0.717) is 29.7 Å². The maximum absolute atomic E-state index is 12.3. The van der Waals surface area contributed by atoms with Gasteiger partial charge in [0, 0.05) is 35.2 Å². The van der Waals surface area contributed by atoms with Crippen molar-refractivity contribution >= 4 is 26.4 Å². The first-order valence-corrected chi connectivity index (χ1v) is 13.6. The van der Waals surface area contributed by atoms with Gasteiger partial charge in [-0.1, -0.05) is 54.6 Å². The lowest BCUT2D eigenvalue weighted by molar-refractivity contribution is 0.306. The number of benzene rings is 3. The number of hydrogen-bond acceptors (Lipinski definition) is 7. The second-order valence-electron chi connectivity index (χ2n) is 8.83. The molecule has 7 nitrogen and oxygen atoms in total. The van der Waals surface area contributed by atoms with Crippen LogP contribution in [0, 0.1) is 0 Å². The molecule has 0 spiro atoms. The first kappa shape index (κ1) is 23.3. The molecule has 0 amide bonds. The molecule has 4 aromatic rings. The summed E-state index contributed by atoms with van der Waals surface area (Å²) in [6.07, 6.45) is 3.39. The van der Waals surface area contributed by atoms with Gasteiger partial charge in [-0.25, -0.2) is 8.42 Å². The SMILES string of the molecule is CS(=O)(=O)c1ccc(-c2nnc(N[C@@H]3CCCNC3)c3ccccc23)c(OCc2ccccc2)c1. The van der Waals surface area contributed by atoms with Crippen molar-refractivity contribution in [3.8, 4) is 17.0 Å². The Labute approximate surface area is 205 Å². The van der Waals surface area contributed by atoms with Gasteiger partial charge in [0.25, 0.3) is 0 Å². The zero-order valence-corrected chi connectivity index (χ0v) is 20.4. The highest BCUT2D eigenvalue weighted by atomic mass is 32.2. The molecular weight excluding hydrogens is 460 g/mol. The molecular formula is C27H28N4O3S.